The van der Waals surface area contributed by atoms with Crippen molar-refractivity contribution in [1.29, 1.82) is 0 Å². The molecule has 1 heterocycles. The zero-order valence-corrected chi connectivity index (χ0v) is 16.1. The van der Waals surface area contributed by atoms with E-state index in [9.17, 15) is 8.42 Å². The molecule has 0 radical (unpaired) electrons. The summed E-state index contributed by atoms with van der Waals surface area (Å²) in [4.78, 5) is 6.26. The number of rotatable bonds is 9. The van der Waals surface area contributed by atoms with Crippen molar-refractivity contribution in [2.45, 2.75) is 4.90 Å². The monoisotopic (exact) mass is 380 g/mol. The van der Waals surface area contributed by atoms with E-state index < -0.39 is 10.0 Å². The molecule has 26 heavy (non-hydrogen) atoms. The van der Waals surface area contributed by atoms with Gasteiger partial charge in [-0.2, -0.15) is 0 Å². The van der Waals surface area contributed by atoms with E-state index in [1.807, 2.05) is 14.1 Å². The lowest BCUT2D eigenvalue weighted by Crippen LogP contribution is -2.21. The predicted molar refractivity (Wildman–Crippen MR) is 102 cm³/mol. The van der Waals surface area contributed by atoms with Crippen molar-refractivity contribution in [3.05, 3.63) is 36.5 Å². The first-order valence-corrected chi connectivity index (χ1v) is 9.43. The van der Waals surface area contributed by atoms with Crippen LogP contribution in [0.4, 0.5) is 11.5 Å². The van der Waals surface area contributed by atoms with E-state index in [4.69, 9.17) is 9.47 Å². The molecule has 1 aromatic heterocycles. The van der Waals surface area contributed by atoms with Crippen molar-refractivity contribution in [1.82, 2.24) is 9.88 Å². The average Bonchev–Trinajstić information content (AvgIpc) is 2.62. The van der Waals surface area contributed by atoms with Crippen LogP contribution in [0.3, 0.4) is 0 Å². The van der Waals surface area contributed by atoms with Gasteiger partial charge in [-0.1, -0.05) is 0 Å². The van der Waals surface area contributed by atoms with Crippen LogP contribution in [0.25, 0.3) is 0 Å². The number of nitrogens with zero attached hydrogens (tertiary/aromatic N) is 2. The second kappa shape index (κ2) is 8.72. The summed E-state index contributed by atoms with van der Waals surface area (Å²) in [6.07, 6.45) is 1.46. The molecule has 0 atom stereocenters. The standard InChI is InChI=1S/C17H24N4O4S/c1-21(2)10-9-18-17-8-5-13(12-19-17)20-26(22,23)16-11-14(24-3)6-7-15(16)25-4/h5-8,11-12,20H,9-10H2,1-4H3,(H,18,19). The smallest absolute Gasteiger partial charge is 0.265 e. The number of hydrogen-bond acceptors (Lipinski definition) is 7. The van der Waals surface area contributed by atoms with Gasteiger partial charge in [-0.25, -0.2) is 13.4 Å². The fourth-order valence-corrected chi connectivity index (χ4v) is 3.40. The highest BCUT2D eigenvalue weighted by molar-refractivity contribution is 7.92. The van der Waals surface area contributed by atoms with Crippen LogP contribution in [-0.2, 0) is 10.0 Å². The Bertz CT molecular complexity index is 823. The van der Waals surface area contributed by atoms with E-state index >= 15 is 0 Å². The first-order chi connectivity index (χ1) is 12.4. The second-order valence-corrected chi connectivity index (χ2v) is 7.44. The van der Waals surface area contributed by atoms with Crippen LogP contribution < -0.4 is 19.5 Å². The zero-order valence-electron chi connectivity index (χ0n) is 15.3. The maximum absolute atomic E-state index is 12.7. The highest BCUT2D eigenvalue weighted by Gasteiger charge is 2.21. The first-order valence-electron chi connectivity index (χ1n) is 7.95. The van der Waals surface area contributed by atoms with Gasteiger partial charge in [0, 0.05) is 19.2 Å². The molecule has 0 aliphatic rings. The van der Waals surface area contributed by atoms with Gasteiger partial charge in [0.15, 0.2) is 0 Å². The number of pyridine rings is 1. The van der Waals surface area contributed by atoms with Gasteiger partial charge in [0.25, 0.3) is 10.0 Å². The van der Waals surface area contributed by atoms with E-state index in [1.165, 1.54) is 26.5 Å². The number of hydrogen-bond donors (Lipinski definition) is 2. The topological polar surface area (TPSA) is 92.8 Å². The van der Waals surface area contributed by atoms with E-state index in [-0.39, 0.29) is 10.6 Å². The molecule has 9 heteroatoms. The minimum Gasteiger partial charge on any atom is -0.497 e. The molecule has 2 N–H and O–H groups in total. The molecule has 2 rings (SSSR count). The quantitative estimate of drug-likeness (QED) is 0.686. The molecule has 0 fully saturated rings. The second-order valence-electron chi connectivity index (χ2n) is 5.78. The number of methoxy groups -OCH3 is 2. The van der Waals surface area contributed by atoms with Crippen LogP contribution >= 0.6 is 0 Å². The Balaban J connectivity index is 2.14. The predicted octanol–water partition coefficient (Wildman–Crippen LogP) is 1.87. The molecule has 0 bridgehead atoms. The summed E-state index contributed by atoms with van der Waals surface area (Å²) < 4.78 is 38.1. The van der Waals surface area contributed by atoms with Gasteiger partial charge in [0.1, 0.15) is 22.2 Å². The van der Waals surface area contributed by atoms with E-state index in [0.717, 1.165) is 13.1 Å². The Kier molecular flexibility index (Phi) is 6.64. The Morgan fingerprint density at radius 1 is 1.12 bits per heavy atom. The summed E-state index contributed by atoms with van der Waals surface area (Å²) in [5.41, 5.74) is 0.355. The van der Waals surface area contributed by atoms with Crippen molar-refractivity contribution in [3.63, 3.8) is 0 Å². The lowest BCUT2D eigenvalue weighted by Gasteiger charge is -2.13. The summed E-state index contributed by atoms with van der Waals surface area (Å²) in [6.45, 7) is 1.61. The molecule has 0 unspecified atom stereocenters. The molecule has 2 aromatic rings. The SMILES string of the molecule is COc1ccc(OC)c(S(=O)(=O)Nc2ccc(NCCN(C)C)nc2)c1. The normalized spacial score (nSPS) is 11.3. The molecule has 8 nitrogen and oxygen atoms in total. The van der Waals surface area contributed by atoms with Crippen LogP contribution in [0.1, 0.15) is 0 Å². The van der Waals surface area contributed by atoms with Crippen molar-refractivity contribution in [2.75, 3.05) is 51.4 Å². The van der Waals surface area contributed by atoms with Crippen LogP contribution in [-0.4, -0.2) is 59.7 Å². The van der Waals surface area contributed by atoms with Crippen molar-refractivity contribution in [3.8, 4) is 11.5 Å². The van der Waals surface area contributed by atoms with Gasteiger partial charge in [-0.05, 0) is 38.4 Å². The maximum Gasteiger partial charge on any atom is 0.265 e. The third-order valence-electron chi connectivity index (χ3n) is 3.54. The summed E-state index contributed by atoms with van der Waals surface area (Å²) in [6, 6.07) is 7.95. The number of aromatic nitrogens is 1. The summed E-state index contributed by atoms with van der Waals surface area (Å²) in [7, 11) is 3.00. The van der Waals surface area contributed by atoms with Crippen LogP contribution in [0.2, 0.25) is 0 Å². The summed E-state index contributed by atoms with van der Waals surface area (Å²) in [5, 5.41) is 3.16. The molecule has 142 valence electrons. The number of sulfonamides is 1. The Morgan fingerprint density at radius 3 is 2.46 bits per heavy atom. The largest absolute Gasteiger partial charge is 0.497 e. The third-order valence-corrected chi connectivity index (χ3v) is 4.94. The van der Waals surface area contributed by atoms with Crippen LogP contribution in [0.15, 0.2) is 41.4 Å². The number of likely N-dealkylation sites (N-methyl/N-ethyl adjacent to an activating group) is 1. The Hall–Kier alpha value is -2.52. The molecular formula is C17H24N4O4S. The lowest BCUT2D eigenvalue weighted by molar-refractivity contribution is 0.392. The fraction of sp³-hybridized carbons (Fsp3) is 0.353. The average molecular weight is 380 g/mol. The van der Waals surface area contributed by atoms with Gasteiger partial charge >= 0.3 is 0 Å². The highest BCUT2D eigenvalue weighted by atomic mass is 32.2. The van der Waals surface area contributed by atoms with Gasteiger partial charge < -0.3 is 19.7 Å². The van der Waals surface area contributed by atoms with E-state index in [1.54, 1.807) is 24.3 Å². The third kappa shape index (κ3) is 5.24. The van der Waals surface area contributed by atoms with Gasteiger partial charge in [0.2, 0.25) is 0 Å². The van der Waals surface area contributed by atoms with Gasteiger partial charge in [-0.3, -0.25) is 4.72 Å². The molecule has 0 aliphatic carbocycles. The molecule has 0 aliphatic heterocycles. The first kappa shape index (κ1) is 19.8. The van der Waals surface area contributed by atoms with Crippen molar-refractivity contribution < 1.29 is 17.9 Å². The molecule has 0 spiro atoms. The molecule has 0 saturated carbocycles. The van der Waals surface area contributed by atoms with Gasteiger partial charge in [0.05, 0.1) is 26.1 Å². The minimum absolute atomic E-state index is 0.00691. The van der Waals surface area contributed by atoms with E-state index in [0.29, 0.717) is 17.3 Å². The van der Waals surface area contributed by atoms with Gasteiger partial charge in [-0.15, -0.1) is 0 Å². The minimum atomic E-state index is -3.85. The molecule has 0 saturated heterocycles. The van der Waals surface area contributed by atoms with E-state index in [2.05, 4.69) is 19.9 Å². The highest BCUT2D eigenvalue weighted by Crippen LogP contribution is 2.29. The summed E-state index contributed by atoms with van der Waals surface area (Å²) in [5.74, 6) is 1.33. The van der Waals surface area contributed by atoms with Crippen LogP contribution in [0, 0.1) is 0 Å². The zero-order chi connectivity index (χ0) is 19.2. The van der Waals surface area contributed by atoms with Crippen molar-refractivity contribution in [2.24, 2.45) is 0 Å². The Morgan fingerprint density at radius 2 is 1.88 bits per heavy atom. The fourth-order valence-electron chi connectivity index (χ4n) is 2.17. The Labute approximate surface area is 154 Å². The lowest BCUT2D eigenvalue weighted by atomic mass is 10.3. The number of anilines is 2. The number of ether oxygens (including phenoxy) is 2. The molecule has 0 amide bonds. The van der Waals surface area contributed by atoms with Crippen LogP contribution in [0.5, 0.6) is 11.5 Å². The summed E-state index contributed by atoms with van der Waals surface area (Å²) >= 11 is 0. The molecular weight excluding hydrogens is 356 g/mol. The molecule has 1 aromatic carbocycles. The van der Waals surface area contributed by atoms with Crippen molar-refractivity contribution >= 4 is 21.5 Å². The number of benzene rings is 1. The maximum atomic E-state index is 12.7. The number of nitrogens with one attached hydrogen (secondary N) is 2.